The number of nitrogens with one attached hydrogen (secondary N) is 1. The van der Waals surface area contributed by atoms with Crippen LogP contribution in [0.15, 0.2) is 48.5 Å². The van der Waals surface area contributed by atoms with Gasteiger partial charge in [-0.15, -0.1) is 13.2 Å². The van der Waals surface area contributed by atoms with Crippen LogP contribution in [0.2, 0.25) is 0 Å². The number of ether oxygens (including phenoxy) is 2. The van der Waals surface area contributed by atoms with Crippen molar-refractivity contribution in [3.63, 3.8) is 0 Å². The molecule has 1 amide bonds. The zero-order valence-corrected chi connectivity index (χ0v) is 13.8. The van der Waals surface area contributed by atoms with Crippen LogP contribution < -0.4 is 14.8 Å². The molecule has 0 aliphatic carbocycles. The van der Waals surface area contributed by atoms with E-state index in [-0.39, 0.29) is 30.4 Å². The molecule has 0 bridgehead atoms. The standard InChI is InChI=1S/C18H17F4NO3/c1-12(13-6-8-14(9-7-13)26-18(20,21)22)23-17(24)10-11-25-16-5-3-2-4-15(16)19/h2-9,12H,10-11H2,1H3,(H,23,24)/t12-/m0/s1. The van der Waals surface area contributed by atoms with Gasteiger partial charge >= 0.3 is 6.36 Å². The summed E-state index contributed by atoms with van der Waals surface area (Å²) in [5, 5.41) is 2.69. The number of carbonyl (C=O) groups excluding carboxylic acids is 1. The van der Waals surface area contributed by atoms with Crippen molar-refractivity contribution in [2.24, 2.45) is 0 Å². The highest BCUT2D eigenvalue weighted by Crippen LogP contribution is 2.24. The van der Waals surface area contributed by atoms with Gasteiger partial charge in [0.15, 0.2) is 11.6 Å². The van der Waals surface area contributed by atoms with E-state index in [9.17, 15) is 22.4 Å². The first kappa shape index (κ1) is 19.6. The molecule has 0 radical (unpaired) electrons. The summed E-state index contributed by atoms with van der Waals surface area (Å²) in [4.78, 5) is 11.9. The quantitative estimate of drug-likeness (QED) is 0.736. The summed E-state index contributed by atoms with van der Waals surface area (Å²) < 4.78 is 58.7. The average molecular weight is 371 g/mol. The van der Waals surface area contributed by atoms with E-state index in [1.807, 2.05) is 0 Å². The minimum Gasteiger partial charge on any atom is -0.490 e. The molecule has 0 aliphatic rings. The van der Waals surface area contributed by atoms with Crippen LogP contribution in [-0.4, -0.2) is 18.9 Å². The van der Waals surface area contributed by atoms with Crippen LogP contribution in [0.5, 0.6) is 11.5 Å². The number of carbonyl (C=O) groups is 1. The van der Waals surface area contributed by atoms with Crippen LogP contribution in [0.25, 0.3) is 0 Å². The largest absolute Gasteiger partial charge is 0.573 e. The molecular weight excluding hydrogens is 354 g/mol. The van der Waals surface area contributed by atoms with Crippen molar-refractivity contribution >= 4 is 5.91 Å². The van der Waals surface area contributed by atoms with Gasteiger partial charge in [0.2, 0.25) is 5.91 Å². The normalized spacial score (nSPS) is 12.3. The number of rotatable bonds is 7. The van der Waals surface area contributed by atoms with Gasteiger partial charge in [-0.05, 0) is 36.8 Å². The van der Waals surface area contributed by atoms with E-state index >= 15 is 0 Å². The Hall–Kier alpha value is -2.77. The molecule has 0 saturated carbocycles. The first-order chi connectivity index (χ1) is 12.2. The van der Waals surface area contributed by atoms with Crippen LogP contribution in [0.4, 0.5) is 17.6 Å². The summed E-state index contributed by atoms with van der Waals surface area (Å²) in [5.41, 5.74) is 0.614. The molecule has 26 heavy (non-hydrogen) atoms. The average Bonchev–Trinajstić information content (AvgIpc) is 2.55. The molecule has 2 aromatic rings. The van der Waals surface area contributed by atoms with Crippen molar-refractivity contribution in [1.29, 1.82) is 0 Å². The van der Waals surface area contributed by atoms with E-state index in [0.29, 0.717) is 5.56 Å². The van der Waals surface area contributed by atoms with Crippen molar-refractivity contribution in [2.45, 2.75) is 25.7 Å². The second kappa shape index (κ2) is 8.55. The minimum absolute atomic E-state index is 0.00214. The van der Waals surface area contributed by atoms with E-state index in [4.69, 9.17) is 4.74 Å². The molecule has 4 nitrogen and oxygen atoms in total. The molecule has 0 heterocycles. The fourth-order valence-corrected chi connectivity index (χ4v) is 2.17. The number of hydrogen-bond acceptors (Lipinski definition) is 3. The van der Waals surface area contributed by atoms with Crippen LogP contribution in [-0.2, 0) is 4.79 Å². The Morgan fingerprint density at radius 1 is 1.12 bits per heavy atom. The zero-order valence-electron chi connectivity index (χ0n) is 13.8. The van der Waals surface area contributed by atoms with Crippen LogP contribution >= 0.6 is 0 Å². The fraction of sp³-hybridized carbons (Fsp3) is 0.278. The molecule has 2 rings (SSSR count). The molecule has 0 unspecified atom stereocenters. The first-order valence-corrected chi connectivity index (χ1v) is 7.77. The summed E-state index contributed by atoms with van der Waals surface area (Å²) in [7, 11) is 0. The molecule has 0 aliphatic heterocycles. The number of para-hydroxylation sites is 1. The van der Waals surface area contributed by atoms with Crippen molar-refractivity contribution < 1.29 is 31.8 Å². The van der Waals surface area contributed by atoms with E-state index in [1.165, 1.54) is 42.5 Å². The first-order valence-electron chi connectivity index (χ1n) is 7.77. The summed E-state index contributed by atoms with van der Waals surface area (Å²) in [6.45, 7) is 1.69. The van der Waals surface area contributed by atoms with Crippen LogP contribution in [0.3, 0.4) is 0 Å². The van der Waals surface area contributed by atoms with Gasteiger partial charge < -0.3 is 14.8 Å². The molecule has 1 N–H and O–H groups in total. The highest BCUT2D eigenvalue weighted by molar-refractivity contribution is 5.76. The highest BCUT2D eigenvalue weighted by Gasteiger charge is 2.31. The molecule has 0 spiro atoms. The highest BCUT2D eigenvalue weighted by atomic mass is 19.4. The third kappa shape index (κ3) is 6.27. The Balaban J connectivity index is 1.80. The summed E-state index contributed by atoms with van der Waals surface area (Å²) in [6, 6.07) is 10.7. The molecule has 140 valence electrons. The third-order valence-electron chi connectivity index (χ3n) is 3.41. The van der Waals surface area contributed by atoms with Gasteiger partial charge in [-0.25, -0.2) is 4.39 Å². The molecule has 0 fully saturated rings. The van der Waals surface area contributed by atoms with E-state index in [0.717, 1.165) is 0 Å². The van der Waals surface area contributed by atoms with Crippen molar-refractivity contribution in [3.05, 3.63) is 59.9 Å². The number of amides is 1. The topological polar surface area (TPSA) is 47.6 Å². The lowest BCUT2D eigenvalue weighted by molar-refractivity contribution is -0.274. The minimum atomic E-state index is -4.75. The van der Waals surface area contributed by atoms with E-state index in [2.05, 4.69) is 10.1 Å². The third-order valence-corrected chi connectivity index (χ3v) is 3.41. The monoisotopic (exact) mass is 371 g/mol. The lowest BCUT2D eigenvalue weighted by Crippen LogP contribution is -2.27. The van der Waals surface area contributed by atoms with Gasteiger partial charge in [0.05, 0.1) is 19.1 Å². The number of benzene rings is 2. The van der Waals surface area contributed by atoms with Crippen LogP contribution in [0.1, 0.15) is 24.9 Å². The molecule has 0 saturated heterocycles. The van der Waals surface area contributed by atoms with Gasteiger partial charge in [0.1, 0.15) is 5.75 Å². The van der Waals surface area contributed by atoms with E-state index < -0.39 is 18.2 Å². The summed E-state index contributed by atoms with van der Waals surface area (Å²) in [6.07, 6.45) is -4.74. The Bertz CT molecular complexity index is 732. The number of halogens is 4. The SMILES string of the molecule is C[C@H](NC(=O)CCOc1ccccc1F)c1ccc(OC(F)(F)F)cc1. The molecule has 8 heteroatoms. The summed E-state index contributed by atoms with van der Waals surface area (Å²) in [5.74, 6) is -1.11. The summed E-state index contributed by atoms with van der Waals surface area (Å²) >= 11 is 0. The number of alkyl halides is 3. The predicted octanol–water partition coefficient (Wildman–Crippen LogP) is 4.37. The number of hydrogen-bond donors (Lipinski definition) is 1. The Kier molecular flexibility index (Phi) is 6.43. The van der Waals surface area contributed by atoms with Crippen molar-refractivity contribution in [3.8, 4) is 11.5 Å². The van der Waals surface area contributed by atoms with Gasteiger partial charge in [-0.1, -0.05) is 24.3 Å². The van der Waals surface area contributed by atoms with Gasteiger partial charge in [0, 0.05) is 0 Å². The fourth-order valence-electron chi connectivity index (χ4n) is 2.17. The molecule has 2 aromatic carbocycles. The Morgan fingerprint density at radius 2 is 1.77 bits per heavy atom. The Labute approximate surface area is 147 Å². The second-order valence-corrected chi connectivity index (χ2v) is 5.43. The van der Waals surface area contributed by atoms with E-state index in [1.54, 1.807) is 13.0 Å². The lowest BCUT2D eigenvalue weighted by atomic mass is 10.1. The molecule has 1 atom stereocenters. The maximum Gasteiger partial charge on any atom is 0.573 e. The van der Waals surface area contributed by atoms with Gasteiger partial charge in [-0.3, -0.25) is 4.79 Å². The smallest absolute Gasteiger partial charge is 0.490 e. The predicted molar refractivity (Wildman–Crippen MR) is 86.2 cm³/mol. The zero-order chi connectivity index (χ0) is 19.2. The maximum absolute atomic E-state index is 13.4. The molecule has 0 aromatic heterocycles. The lowest BCUT2D eigenvalue weighted by Gasteiger charge is -2.15. The van der Waals surface area contributed by atoms with Crippen LogP contribution in [0, 0.1) is 5.82 Å². The van der Waals surface area contributed by atoms with Crippen molar-refractivity contribution in [1.82, 2.24) is 5.32 Å². The van der Waals surface area contributed by atoms with Crippen molar-refractivity contribution in [2.75, 3.05) is 6.61 Å². The molecular formula is C18H17F4NO3. The van der Waals surface area contributed by atoms with Gasteiger partial charge in [-0.2, -0.15) is 0 Å². The second-order valence-electron chi connectivity index (χ2n) is 5.43. The van der Waals surface area contributed by atoms with Gasteiger partial charge in [0.25, 0.3) is 0 Å². The Morgan fingerprint density at radius 3 is 2.38 bits per heavy atom. The maximum atomic E-state index is 13.4.